The second-order valence-corrected chi connectivity index (χ2v) is 8.40. The molecule has 3 rings (SSSR count). The van der Waals surface area contributed by atoms with Crippen LogP contribution in [0.5, 0.6) is 0 Å². The van der Waals surface area contributed by atoms with Gasteiger partial charge in [0.2, 0.25) is 16.0 Å². The summed E-state index contributed by atoms with van der Waals surface area (Å²) in [5.74, 6) is 7.14. The molecular weight excluding hydrogens is 364 g/mol. The predicted molar refractivity (Wildman–Crippen MR) is 105 cm³/mol. The molecule has 8 nitrogen and oxygen atoms in total. The van der Waals surface area contributed by atoms with Crippen LogP contribution in [-0.2, 0) is 10.0 Å². The molecule has 0 radical (unpaired) electrons. The molecule has 0 saturated carbocycles. The number of piperazine rings is 1. The number of aryl methyl sites for hydroxylation is 1. The molecule has 27 heavy (non-hydrogen) atoms. The van der Waals surface area contributed by atoms with Gasteiger partial charge < -0.3 is 10.6 Å². The zero-order valence-corrected chi connectivity index (χ0v) is 16.2. The van der Waals surface area contributed by atoms with E-state index in [0.29, 0.717) is 43.3 Å². The van der Waals surface area contributed by atoms with Gasteiger partial charge in [0.05, 0.1) is 17.0 Å². The largest absolute Gasteiger partial charge is 0.368 e. The highest BCUT2D eigenvalue weighted by molar-refractivity contribution is 7.89. The minimum Gasteiger partial charge on any atom is -0.368 e. The van der Waals surface area contributed by atoms with Crippen LogP contribution in [0, 0.1) is 18.8 Å². The first-order chi connectivity index (χ1) is 12.9. The van der Waals surface area contributed by atoms with E-state index in [1.807, 2.05) is 24.0 Å². The smallest absolute Gasteiger partial charge is 0.222 e. The summed E-state index contributed by atoms with van der Waals surface area (Å²) in [6, 6.07) is 3.70. The van der Waals surface area contributed by atoms with Gasteiger partial charge in [0.25, 0.3) is 0 Å². The zero-order valence-electron chi connectivity index (χ0n) is 15.4. The molecule has 9 heteroatoms. The number of nitrogens with zero attached hydrogens (tertiary/aromatic N) is 5. The number of anilines is 2. The van der Waals surface area contributed by atoms with Crippen LogP contribution < -0.4 is 10.6 Å². The summed E-state index contributed by atoms with van der Waals surface area (Å²) in [6.07, 6.45) is 3.38. The van der Waals surface area contributed by atoms with Gasteiger partial charge in [0.15, 0.2) is 0 Å². The SMILES string of the molecule is CCS(=O)(=O)N1CCN(c2nc(N)nc(C)c2C#Cc2cccnc2)CC1. The summed E-state index contributed by atoms with van der Waals surface area (Å²) in [7, 11) is -3.19. The molecule has 0 bridgehead atoms. The first kappa shape index (κ1) is 19.1. The van der Waals surface area contributed by atoms with Crippen LogP contribution in [0.4, 0.5) is 11.8 Å². The first-order valence-corrected chi connectivity index (χ1v) is 10.3. The standard InChI is InChI=1S/C18H22N6O2S/c1-3-27(25,26)24-11-9-23(10-12-24)17-16(14(2)21-18(19)22-17)7-6-15-5-4-8-20-13-15/h4-5,8,13H,3,9-12H2,1-2H3,(H2,19,21,22). The van der Waals surface area contributed by atoms with Gasteiger partial charge in [-0.25, -0.2) is 13.4 Å². The maximum Gasteiger partial charge on any atom is 0.222 e. The molecule has 1 fully saturated rings. The van der Waals surface area contributed by atoms with Crippen molar-refractivity contribution in [2.24, 2.45) is 0 Å². The molecule has 0 aliphatic carbocycles. The molecule has 1 aliphatic heterocycles. The lowest BCUT2D eigenvalue weighted by Crippen LogP contribution is -2.49. The number of sulfonamides is 1. The zero-order chi connectivity index (χ0) is 19.4. The van der Waals surface area contributed by atoms with Crippen molar-refractivity contribution in [1.82, 2.24) is 19.3 Å². The van der Waals surface area contributed by atoms with E-state index in [2.05, 4.69) is 26.8 Å². The molecule has 3 heterocycles. The number of nitrogen functional groups attached to an aromatic ring is 1. The average molecular weight is 386 g/mol. The highest BCUT2D eigenvalue weighted by Gasteiger charge is 2.27. The molecule has 2 aromatic heterocycles. The van der Waals surface area contributed by atoms with E-state index in [1.54, 1.807) is 19.3 Å². The molecule has 0 amide bonds. The fourth-order valence-electron chi connectivity index (χ4n) is 2.89. The number of nitrogens with two attached hydrogens (primary N) is 1. The van der Waals surface area contributed by atoms with Gasteiger partial charge in [-0.2, -0.15) is 9.29 Å². The maximum atomic E-state index is 12.1. The van der Waals surface area contributed by atoms with Crippen molar-refractivity contribution in [3.8, 4) is 11.8 Å². The lowest BCUT2D eigenvalue weighted by molar-refractivity contribution is 0.384. The monoisotopic (exact) mass is 386 g/mol. The van der Waals surface area contributed by atoms with Crippen molar-refractivity contribution >= 4 is 21.8 Å². The summed E-state index contributed by atoms with van der Waals surface area (Å²) < 4.78 is 25.6. The molecule has 0 unspecified atom stereocenters. The molecular formula is C18H22N6O2S. The second kappa shape index (κ2) is 7.90. The highest BCUT2D eigenvalue weighted by atomic mass is 32.2. The number of hydrogen-bond acceptors (Lipinski definition) is 7. The summed E-state index contributed by atoms with van der Waals surface area (Å²) in [4.78, 5) is 14.7. The van der Waals surface area contributed by atoms with Crippen LogP contribution in [0.25, 0.3) is 0 Å². The number of rotatable bonds is 3. The lowest BCUT2D eigenvalue weighted by atomic mass is 10.1. The minimum absolute atomic E-state index is 0.106. The Morgan fingerprint density at radius 3 is 2.56 bits per heavy atom. The van der Waals surface area contributed by atoms with Crippen LogP contribution >= 0.6 is 0 Å². The molecule has 1 saturated heterocycles. The Hall–Kier alpha value is -2.70. The van der Waals surface area contributed by atoms with E-state index >= 15 is 0 Å². The summed E-state index contributed by atoms with van der Waals surface area (Å²) >= 11 is 0. The van der Waals surface area contributed by atoms with Crippen LogP contribution in [0.2, 0.25) is 0 Å². The molecule has 0 atom stereocenters. The molecule has 0 spiro atoms. The Bertz CT molecular complexity index is 974. The molecule has 0 aromatic carbocycles. The normalized spacial score (nSPS) is 15.3. The third-order valence-electron chi connectivity index (χ3n) is 4.38. The van der Waals surface area contributed by atoms with Gasteiger partial charge in [-0.1, -0.05) is 11.8 Å². The number of aromatic nitrogens is 3. The van der Waals surface area contributed by atoms with Gasteiger partial charge in [0.1, 0.15) is 5.82 Å². The van der Waals surface area contributed by atoms with E-state index in [1.165, 1.54) is 4.31 Å². The maximum absolute atomic E-state index is 12.1. The second-order valence-electron chi connectivity index (χ2n) is 6.14. The first-order valence-electron chi connectivity index (χ1n) is 8.69. The fraction of sp³-hybridized carbons (Fsp3) is 0.389. The summed E-state index contributed by atoms with van der Waals surface area (Å²) in [5.41, 5.74) is 8.02. The number of hydrogen-bond donors (Lipinski definition) is 1. The number of pyridine rings is 1. The Kier molecular flexibility index (Phi) is 5.58. The van der Waals surface area contributed by atoms with Crippen molar-refractivity contribution in [2.45, 2.75) is 13.8 Å². The third-order valence-corrected chi connectivity index (χ3v) is 6.26. The van der Waals surface area contributed by atoms with E-state index in [-0.39, 0.29) is 11.7 Å². The fourth-order valence-corrected chi connectivity index (χ4v) is 3.97. The third kappa shape index (κ3) is 4.35. The van der Waals surface area contributed by atoms with Crippen LogP contribution in [-0.4, -0.2) is 59.6 Å². The van der Waals surface area contributed by atoms with Crippen molar-refractivity contribution in [3.05, 3.63) is 41.3 Å². The Balaban J connectivity index is 1.89. The quantitative estimate of drug-likeness (QED) is 0.772. The topological polar surface area (TPSA) is 105 Å². The lowest BCUT2D eigenvalue weighted by Gasteiger charge is -2.35. The van der Waals surface area contributed by atoms with E-state index in [9.17, 15) is 8.42 Å². The Morgan fingerprint density at radius 1 is 1.19 bits per heavy atom. The van der Waals surface area contributed by atoms with E-state index in [0.717, 1.165) is 5.56 Å². The predicted octanol–water partition coefficient (Wildman–Crippen LogP) is 0.634. The van der Waals surface area contributed by atoms with Gasteiger partial charge in [-0.3, -0.25) is 4.98 Å². The van der Waals surface area contributed by atoms with Crippen molar-refractivity contribution in [2.75, 3.05) is 42.6 Å². The van der Waals surface area contributed by atoms with Gasteiger partial charge >= 0.3 is 0 Å². The highest BCUT2D eigenvalue weighted by Crippen LogP contribution is 2.23. The van der Waals surface area contributed by atoms with Crippen molar-refractivity contribution < 1.29 is 8.42 Å². The molecule has 142 valence electrons. The van der Waals surface area contributed by atoms with Gasteiger partial charge in [0, 0.05) is 44.1 Å². The Labute approximate surface area is 159 Å². The summed E-state index contributed by atoms with van der Waals surface area (Å²) in [5, 5.41) is 0. The van der Waals surface area contributed by atoms with Gasteiger partial charge in [-0.05, 0) is 26.0 Å². The minimum atomic E-state index is -3.19. The van der Waals surface area contributed by atoms with Crippen LogP contribution in [0.1, 0.15) is 23.7 Å². The van der Waals surface area contributed by atoms with E-state index in [4.69, 9.17) is 5.73 Å². The van der Waals surface area contributed by atoms with Crippen LogP contribution in [0.15, 0.2) is 24.5 Å². The average Bonchev–Trinajstić information content (AvgIpc) is 2.67. The van der Waals surface area contributed by atoms with E-state index < -0.39 is 10.0 Å². The van der Waals surface area contributed by atoms with Crippen molar-refractivity contribution in [1.29, 1.82) is 0 Å². The van der Waals surface area contributed by atoms with Crippen molar-refractivity contribution in [3.63, 3.8) is 0 Å². The van der Waals surface area contributed by atoms with Crippen LogP contribution in [0.3, 0.4) is 0 Å². The Morgan fingerprint density at radius 2 is 1.93 bits per heavy atom. The molecule has 2 N–H and O–H groups in total. The van der Waals surface area contributed by atoms with Gasteiger partial charge in [-0.15, -0.1) is 0 Å². The molecule has 1 aliphatic rings. The molecule has 2 aromatic rings. The summed E-state index contributed by atoms with van der Waals surface area (Å²) in [6.45, 7) is 5.37.